The third kappa shape index (κ3) is 5.54. The summed E-state index contributed by atoms with van der Waals surface area (Å²) in [6.45, 7) is 11.2. The Morgan fingerprint density at radius 3 is 2.50 bits per heavy atom. The molecule has 6 rings (SSSR count). The molecule has 2 aromatic heterocycles. The topological polar surface area (TPSA) is 110 Å². The molecule has 2 fully saturated rings. The van der Waals surface area contributed by atoms with Gasteiger partial charge in [-0.25, -0.2) is 9.97 Å². The molecule has 0 bridgehead atoms. The molecule has 0 spiro atoms. The van der Waals surface area contributed by atoms with Crippen LogP contribution in [-0.2, 0) is 22.6 Å². The van der Waals surface area contributed by atoms with E-state index in [-0.39, 0.29) is 41.6 Å². The van der Waals surface area contributed by atoms with Gasteiger partial charge in [0.1, 0.15) is 24.1 Å². The number of hydrogen-bond acceptors (Lipinski definition) is 6. The van der Waals surface area contributed by atoms with Crippen molar-refractivity contribution in [2.75, 3.05) is 0 Å². The highest BCUT2D eigenvalue weighted by Crippen LogP contribution is 2.59. The molecular formula is C35H38N6O3. The van der Waals surface area contributed by atoms with Crippen LogP contribution in [0.2, 0.25) is 0 Å². The van der Waals surface area contributed by atoms with Crippen molar-refractivity contribution < 1.29 is 14.4 Å². The first kappa shape index (κ1) is 29.4. The van der Waals surface area contributed by atoms with Crippen LogP contribution < -0.4 is 5.32 Å². The van der Waals surface area contributed by atoms with Crippen molar-refractivity contribution in [1.29, 1.82) is 0 Å². The summed E-state index contributed by atoms with van der Waals surface area (Å²) < 4.78 is 1.63. The summed E-state index contributed by atoms with van der Waals surface area (Å²) in [6.07, 6.45) is 8.15. The molecule has 1 aliphatic carbocycles. The molecule has 2 amide bonds. The van der Waals surface area contributed by atoms with Gasteiger partial charge in [-0.15, -0.1) is 6.58 Å². The lowest BCUT2D eigenvalue weighted by molar-refractivity contribution is -0.140. The van der Waals surface area contributed by atoms with Crippen LogP contribution >= 0.6 is 0 Å². The Balaban J connectivity index is 1.27. The fourth-order valence-electron chi connectivity index (χ4n) is 6.77. The van der Waals surface area contributed by atoms with Crippen molar-refractivity contribution in [1.82, 2.24) is 30.0 Å². The predicted molar refractivity (Wildman–Crippen MR) is 169 cm³/mol. The smallest absolute Gasteiger partial charge is 0.245 e. The number of carbonyl (C=O) groups excluding carboxylic acids is 3. The summed E-state index contributed by atoms with van der Waals surface area (Å²) in [5.74, 6) is 0.188. The monoisotopic (exact) mass is 590 g/mol. The standard InChI is InChI=1S/C35H38N6O3/c1-6-10-27(14-24-11-8-7-9-12-24)38-34(44)29-16-35(5)17-30(35)41(29)31(43)20-40-33-21(2)13-25(26-18-36-23(4)37-19-26)15-28(33)32(39-40)22(3)42/h6-9,11-13,15,18-19,27,29-30H,1,10,14,16-17,20H2,2-5H3,(H,38,44)/t27?,29-,30?,35-/m0/s1. The zero-order chi connectivity index (χ0) is 31.2. The van der Waals surface area contributed by atoms with E-state index in [1.807, 2.05) is 62.4 Å². The van der Waals surface area contributed by atoms with Gasteiger partial charge in [-0.3, -0.25) is 19.1 Å². The van der Waals surface area contributed by atoms with Gasteiger partial charge < -0.3 is 10.2 Å². The first-order valence-corrected chi connectivity index (χ1v) is 15.2. The zero-order valence-corrected chi connectivity index (χ0v) is 25.7. The summed E-state index contributed by atoms with van der Waals surface area (Å²) in [5, 5.41) is 8.53. The highest BCUT2D eigenvalue weighted by molar-refractivity contribution is 6.07. The van der Waals surface area contributed by atoms with E-state index in [1.165, 1.54) is 6.92 Å². The molecule has 2 aliphatic rings. The van der Waals surface area contributed by atoms with Gasteiger partial charge >= 0.3 is 0 Å². The molecular weight excluding hydrogens is 552 g/mol. The van der Waals surface area contributed by atoms with Gasteiger partial charge in [0.15, 0.2) is 5.78 Å². The van der Waals surface area contributed by atoms with E-state index in [9.17, 15) is 14.4 Å². The number of piperidine rings is 1. The summed E-state index contributed by atoms with van der Waals surface area (Å²) in [6, 6.07) is 13.3. The number of aryl methyl sites for hydroxylation is 2. The summed E-state index contributed by atoms with van der Waals surface area (Å²) in [7, 11) is 0. The summed E-state index contributed by atoms with van der Waals surface area (Å²) >= 11 is 0. The van der Waals surface area contributed by atoms with Crippen LogP contribution in [0, 0.1) is 19.3 Å². The molecule has 4 atom stereocenters. The second kappa shape index (κ2) is 11.4. The lowest BCUT2D eigenvalue weighted by atomic mass is 9.99. The van der Waals surface area contributed by atoms with Crippen molar-refractivity contribution in [2.24, 2.45) is 5.41 Å². The number of fused-ring (bicyclic) bond motifs is 2. The quantitative estimate of drug-likeness (QED) is 0.206. The molecule has 4 aromatic rings. The highest BCUT2D eigenvalue weighted by atomic mass is 16.2. The van der Waals surface area contributed by atoms with Gasteiger partial charge in [0.25, 0.3) is 0 Å². The zero-order valence-electron chi connectivity index (χ0n) is 25.7. The van der Waals surface area contributed by atoms with E-state index >= 15 is 0 Å². The lowest BCUT2D eigenvalue weighted by Gasteiger charge is -2.29. The SMILES string of the molecule is C=CCC(Cc1ccccc1)NC(=O)[C@@H]1C[C@@]2(C)CC2N1C(=O)Cn1nc(C(C)=O)c2cc(-c3cnc(C)nc3)cc(C)c21. The second-order valence-electron chi connectivity index (χ2n) is 12.6. The van der Waals surface area contributed by atoms with E-state index < -0.39 is 6.04 Å². The van der Waals surface area contributed by atoms with Gasteiger partial charge in [0.05, 0.1) is 5.52 Å². The van der Waals surface area contributed by atoms with Crippen LogP contribution in [-0.4, -0.2) is 60.4 Å². The maximum absolute atomic E-state index is 14.0. The van der Waals surface area contributed by atoms with Gasteiger partial charge in [-0.1, -0.05) is 43.3 Å². The van der Waals surface area contributed by atoms with Gasteiger partial charge in [-0.05, 0) is 73.8 Å². The molecule has 9 nitrogen and oxygen atoms in total. The van der Waals surface area contributed by atoms with Crippen molar-refractivity contribution in [2.45, 2.75) is 78.0 Å². The van der Waals surface area contributed by atoms with E-state index in [2.05, 4.69) is 33.9 Å². The highest BCUT2D eigenvalue weighted by Gasteiger charge is 2.64. The summed E-state index contributed by atoms with van der Waals surface area (Å²) in [5.41, 5.74) is 4.69. The number of nitrogens with one attached hydrogen (secondary N) is 1. The van der Waals surface area contributed by atoms with E-state index in [0.717, 1.165) is 34.2 Å². The number of amides is 2. The van der Waals surface area contributed by atoms with Crippen molar-refractivity contribution in [3.8, 4) is 11.1 Å². The van der Waals surface area contributed by atoms with E-state index in [0.29, 0.717) is 36.2 Å². The molecule has 44 heavy (non-hydrogen) atoms. The molecule has 9 heteroatoms. The molecule has 1 saturated carbocycles. The van der Waals surface area contributed by atoms with Crippen molar-refractivity contribution in [3.63, 3.8) is 0 Å². The number of nitrogens with zero attached hydrogens (tertiary/aromatic N) is 5. The fourth-order valence-corrected chi connectivity index (χ4v) is 6.77. The van der Waals surface area contributed by atoms with Crippen LogP contribution in [0.15, 0.2) is 67.5 Å². The molecule has 2 aromatic carbocycles. The average Bonchev–Trinajstić information content (AvgIpc) is 3.34. The maximum atomic E-state index is 14.0. The number of likely N-dealkylation sites (tertiary alicyclic amines) is 1. The fraction of sp³-hybridized carbons (Fsp3) is 0.371. The van der Waals surface area contributed by atoms with Crippen molar-refractivity contribution in [3.05, 3.63) is 90.2 Å². The maximum Gasteiger partial charge on any atom is 0.245 e. The Morgan fingerprint density at radius 1 is 1.09 bits per heavy atom. The molecule has 1 saturated heterocycles. The minimum Gasteiger partial charge on any atom is -0.351 e. The van der Waals surface area contributed by atoms with Gasteiger partial charge in [-0.2, -0.15) is 5.10 Å². The summed E-state index contributed by atoms with van der Waals surface area (Å²) in [4.78, 5) is 50.9. The Hall–Kier alpha value is -4.66. The number of rotatable bonds is 10. The van der Waals surface area contributed by atoms with Crippen LogP contribution in [0.1, 0.15) is 60.5 Å². The molecule has 3 heterocycles. The Kier molecular flexibility index (Phi) is 7.65. The van der Waals surface area contributed by atoms with Gasteiger partial charge in [0, 0.05) is 42.4 Å². The Labute approximate surface area is 257 Å². The molecule has 1 N–H and O–H groups in total. The number of hydrogen-bond donors (Lipinski definition) is 1. The van der Waals surface area contributed by atoms with Crippen molar-refractivity contribution >= 4 is 28.5 Å². The molecule has 0 radical (unpaired) electrons. The average molecular weight is 591 g/mol. The molecule has 226 valence electrons. The van der Waals surface area contributed by atoms with Crippen LogP contribution in [0.4, 0.5) is 0 Å². The number of ketones is 1. The third-order valence-electron chi connectivity index (χ3n) is 9.12. The van der Waals surface area contributed by atoms with Crippen LogP contribution in [0.5, 0.6) is 0 Å². The first-order valence-electron chi connectivity index (χ1n) is 15.2. The number of benzene rings is 2. The van der Waals surface area contributed by atoms with E-state index in [4.69, 9.17) is 0 Å². The van der Waals surface area contributed by atoms with Gasteiger partial charge in [0.2, 0.25) is 11.8 Å². The minimum atomic E-state index is -0.558. The predicted octanol–water partition coefficient (Wildman–Crippen LogP) is 5.00. The molecule has 2 unspecified atom stereocenters. The first-order chi connectivity index (χ1) is 21.1. The number of Topliss-reactive ketones (excluding diaryl/α,β-unsaturated/α-hetero) is 1. The Bertz CT molecular complexity index is 1760. The second-order valence-corrected chi connectivity index (χ2v) is 12.6. The Morgan fingerprint density at radius 2 is 1.82 bits per heavy atom. The lowest BCUT2D eigenvalue weighted by Crippen LogP contribution is -2.51. The minimum absolute atomic E-state index is 0.0149. The van der Waals surface area contributed by atoms with E-state index in [1.54, 1.807) is 22.0 Å². The molecule has 1 aliphatic heterocycles. The normalized spacial score (nSPS) is 21.1. The largest absolute Gasteiger partial charge is 0.351 e. The van der Waals surface area contributed by atoms with Crippen LogP contribution in [0.3, 0.4) is 0 Å². The number of carbonyl (C=O) groups is 3. The van der Waals surface area contributed by atoms with Crippen LogP contribution in [0.25, 0.3) is 22.0 Å². The third-order valence-corrected chi connectivity index (χ3v) is 9.12. The number of aromatic nitrogens is 4.